The van der Waals surface area contributed by atoms with Gasteiger partial charge in [-0.3, -0.25) is 0 Å². The van der Waals surface area contributed by atoms with Crippen molar-refractivity contribution < 1.29 is 28.9 Å². The van der Waals surface area contributed by atoms with Crippen LogP contribution in [0.15, 0.2) is 59.8 Å². The standard InChI is InChI=1S/C26H28ClNO6/c1-32-24(29)20-15-34-16-28(23(20)25(30)33-2)22-13-12-19(27)14-21(22)26(31,18-10-6-7-11-18)17-8-4-3-5-9-17/h3-5,8-9,12-14,18,31H,6-7,10-11,15-16H2,1-2H3. The SMILES string of the molecule is COC(=O)C1=C(C(=O)OC)N(c2ccc(Cl)cc2C(O)(c2ccccc2)C2CCCC2)COC1. The minimum atomic E-state index is -1.37. The lowest BCUT2D eigenvalue weighted by Gasteiger charge is -2.40. The van der Waals surface area contributed by atoms with Gasteiger partial charge in [0.1, 0.15) is 18.0 Å². The fourth-order valence-electron chi connectivity index (χ4n) is 5.03. The Labute approximate surface area is 203 Å². The normalized spacial score (nSPS) is 18.5. The number of carbonyl (C=O) groups excluding carboxylic acids is 2. The summed E-state index contributed by atoms with van der Waals surface area (Å²) in [6, 6.07) is 14.6. The van der Waals surface area contributed by atoms with Crippen molar-refractivity contribution in [2.75, 3.05) is 32.5 Å². The van der Waals surface area contributed by atoms with E-state index in [0.717, 1.165) is 31.2 Å². The fourth-order valence-corrected chi connectivity index (χ4v) is 5.20. The van der Waals surface area contributed by atoms with Gasteiger partial charge in [0.15, 0.2) is 0 Å². The summed E-state index contributed by atoms with van der Waals surface area (Å²) in [5.74, 6) is -1.44. The molecular weight excluding hydrogens is 458 g/mol. The first kappa shape index (κ1) is 24.3. The quantitative estimate of drug-likeness (QED) is 0.615. The van der Waals surface area contributed by atoms with Gasteiger partial charge in [-0.15, -0.1) is 0 Å². The molecule has 34 heavy (non-hydrogen) atoms. The Balaban J connectivity index is 1.96. The van der Waals surface area contributed by atoms with Gasteiger partial charge in [0.05, 0.1) is 32.1 Å². The number of hydrogen-bond donors (Lipinski definition) is 1. The second kappa shape index (κ2) is 10.2. The smallest absolute Gasteiger partial charge is 0.355 e. The van der Waals surface area contributed by atoms with Gasteiger partial charge >= 0.3 is 11.9 Å². The van der Waals surface area contributed by atoms with E-state index in [9.17, 15) is 14.7 Å². The Kier molecular flexibility index (Phi) is 7.26. The highest BCUT2D eigenvalue weighted by Crippen LogP contribution is 2.49. The van der Waals surface area contributed by atoms with Crippen LogP contribution < -0.4 is 4.90 Å². The molecule has 2 aliphatic rings. The number of halogens is 1. The number of benzene rings is 2. The van der Waals surface area contributed by atoms with Gasteiger partial charge in [0, 0.05) is 10.6 Å². The molecule has 1 saturated carbocycles. The Morgan fingerprint density at radius 2 is 1.74 bits per heavy atom. The molecule has 1 heterocycles. The molecule has 1 N–H and O–H groups in total. The average molecular weight is 486 g/mol. The Morgan fingerprint density at radius 3 is 2.38 bits per heavy atom. The first-order valence-electron chi connectivity index (χ1n) is 11.2. The maximum Gasteiger partial charge on any atom is 0.355 e. The molecular formula is C26H28ClNO6. The van der Waals surface area contributed by atoms with Crippen LogP contribution in [0.2, 0.25) is 5.02 Å². The predicted octanol–water partition coefficient (Wildman–Crippen LogP) is 4.16. The molecule has 8 heteroatoms. The number of esters is 2. The number of methoxy groups -OCH3 is 2. The van der Waals surface area contributed by atoms with Gasteiger partial charge in [-0.1, -0.05) is 54.8 Å². The van der Waals surface area contributed by atoms with Gasteiger partial charge < -0.3 is 24.2 Å². The van der Waals surface area contributed by atoms with E-state index in [-0.39, 0.29) is 30.5 Å². The molecule has 7 nitrogen and oxygen atoms in total. The number of carbonyl (C=O) groups is 2. The van der Waals surface area contributed by atoms with Crippen molar-refractivity contribution in [1.82, 2.24) is 0 Å². The first-order chi connectivity index (χ1) is 16.4. The lowest BCUT2D eigenvalue weighted by molar-refractivity contribution is -0.140. The van der Waals surface area contributed by atoms with E-state index in [2.05, 4.69) is 0 Å². The minimum absolute atomic E-state index is 0.0188. The minimum Gasteiger partial charge on any atom is -0.466 e. The Bertz CT molecular complexity index is 1100. The third-order valence-corrected chi connectivity index (χ3v) is 6.89. The highest BCUT2D eigenvalue weighted by Gasteiger charge is 2.45. The molecule has 0 bridgehead atoms. The molecule has 4 rings (SSSR count). The lowest BCUT2D eigenvalue weighted by atomic mass is 9.74. The molecule has 0 spiro atoms. The summed E-state index contributed by atoms with van der Waals surface area (Å²) >= 11 is 6.45. The van der Waals surface area contributed by atoms with E-state index in [1.165, 1.54) is 14.2 Å². The van der Waals surface area contributed by atoms with Crippen molar-refractivity contribution in [1.29, 1.82) is 0 Å². The van der Waals surface area contributed by atoms with Crippen molar-refractivity contribution in [3.8, 4) is 0 Å². The average Bonchev–Trinajstić information content (AvgIpc) is 3.43. The molecule has 0 amide bonds. The van der Waals surface area contributed by atoms with Crippen LogP contribution in [0.4, 0.5) is 5.69 Å². The fraction of sp³-hybridized carbons (Fsp3) is 0.385. The summed E-state index contributed by atoms with van der Waals surface area (Å²) in [7, 11) is 2.49. The molecule has 0 radical (unpaired) electrons. The summed E-state index contributed by atoms with van der Waals surface area (Å²) in [5, 5.41) is 12.9. The van der Waals surface area contributed by atoms with E-state index in [4.69, 9.17) is 25.8 Å². The zero-order chi connectivity index (χ0) is 24.3. The summed E-state index contributed by atoms with van der Waals surface area (Å²) in [6.07, 6.45) is 3.73. The van der Waals surface area contributed by atoms with Crippen LogP contribution >= 0.6 is 11.6 Å². The molecule has 1 aliphatic heterocycles. The van der Waals surface area contributed by atoms with Gasteiger partial charge in [0.2, 0.25) is 0 Å². The van der Waals surface area contributed by atoms with Crippen molar-refractivity contribution >= 4 is 29.2 Å². The number of anilines is 1. The van der Waals surface area contributed by atoms with Gasteiger partial charge in [-0.05, 0) is 42.5 Å². The van der Waals surface area contributed by atoms with E-state index in [1.807, 2.05) is 30.3 Å². The number of aliphatic hydroxyl groups is 1. The Hall–Kier alpha value is -2.87. The van der Waals surface area contributed by atoms with E-state index in [1.54, 1.807) is 23.1 Å². The molecule has 1 atom stereocenters. The second-order valence-corrected chi connectivity index (χ2v) is 8.93. The van der Waals surface area contributed by atoms with Crippen LogP contribution in [0.5, 0.6) is 0 Å². The van der Waals surface area contributed by atoms with Crippen LogP contribution in [0.1, 0.15) is 36.8 Å². The molecule has 2 aromatic rings. The van der Waals surface area contributed by atoms with E-state index >= 15 is 0 Å². The maximum atomic E-state index is 12.9. The highest BCUT2D eigenvalue weighted by molar-refractivity contribution is 6.30. The largest absolute Gasteiger partial charge is 0.466 e. The maximum absolute atomic E-state index is 12.9. The predicted molar refractivity (Wildman–Crippen MR) is 127 cm³/mol. The van der Waals surface area contributed by atoms with Crippen molar-refractivity contribution in [2.45, 2.75) is 31.3 Å². The lowest BCUT2D eigenvalue weighted by Crippen LogP contribution is -2.42. The van der Waals surface area contributed by atoms with Crippen LogP contribution in [0.3, 0.4) is 0 Å². The summed E-state index contributed by atoms with van der Waals surface area (Å²) in [5.41, 5.74) is 0.470. The summed E-state index contributed by atoms with van der Waals surface area (Å²) in [6.45, 7) is -0.114. The van der Waals surface area contributed by atoms with Crippen LogP contribution in [-0.4, -0.2) is 44.6 Å². The van der Waals surface area contributed by atoms with E-state index in [0.29, 0.717) is 16.3 Å². The third kappa shape index (κ3) is 4.31. The topological polar surface area (TPSA) is 85.3 Å². The highest BCUT2D eigenvalue weighted by atomic mass is 35.5. The van der Waals surface area contributed by atoms with Gasteiger partial charge in [-0.2, -0.15) is 0 Å². The zero-order valence-electron chi connectivity index (χ0n) is 19.3. The van der Waals surface area contributed by atoms with Crippen LogP contribution in [0, 0.1) is 5.92 Å². The first-order valence-corrected chi connectivity index (χ1v) is 11.6. The van der Waals surface area contributed by atoms with Gasteiger partial charge in [-0.25, -0.2) is 9.59 Å². The number of ether oxygens (including phenoxy) is 3. The molecule has 2 aromatic carbocycles. The zero-order valence-corrected chi connectivity index (χ0v) is 20.0. The van der Waals surface area contributed by atoms with E-state index < -0.39 is 17.5 Å². The molecule has 180 valence electrons. The third-order valence-electron chi connectivity index (χ3n) is 6.65. The van der Waals surface area contributed by atoms with Crippen molar-refractivity contribution in [3.63, 3.8) is 0 Å². The molecule has 0 saturated heterocycles. The number of rotatable bonds is 6. The number of hydrogen-bond acceptors (Lipinski definition) is 7. The van der Waals surface area contributed by atoms with Gasteiger partial charge in [0.25, 0.3) is 0 Å². The molecule has 0 aromatic heterocycles. The van der Waals surface area contributed by atoms with Crippen LogP contribution in [-0.2, 0) is 29.4 Å². The molecule has 1 fully saturated rings. The molecule has 1 aliphatic carbocycles. The Morgan fingerprint density at radius 1 is 1.06 bits per heavy atom. The number of nitrogens with zero attached hydrogens (tertiary/aromatic N) is 1. The van der Waals surface area contributed by atoms with Crippen molar-refractivity contribution in [2.24, 2.45) is 5.92 Å². The monoisotopic (exact) mass is 485 g/mol. The summed E-state index contributed by atoms with van der Waals surface area (Å²) in [4.78, 5) is 26.9. The van der Waals surface area contributed by atoms with Crippen LogP contribution in [0.25, 0.3) is 0 Å². The molecule has 1 unspecified atom stereocenters. The second-order valence-electron chi connectivity index (χ2n) is 8.49. The summed E-state index contributed by atoms with van der Waals surface area (Å²) < 4.78 is 15.6. The van der Waals surface area contributed by atoms with Crippen molar-refractivity contribution in [3.05, 3.63) is 76.0 Å².